The number of phenolic OH excluding ortho intramolecular Hbond substituents is 1. The Kier molecular flexibility index (Phi) is 5.41. The van der Waals surface area contributed by atoms with Crippen LogP contribution in [0.3, 0.4) is 0 Å². The van der Waals surface area contributed by atoms with Gasteiger partial charge >= 0.3 is 12.0 Å². The van der Waals surface area contributed by atoms with E-state index in [2.05, 4.69) is 12.6 Å². The lowest BCUT2D eigenvalue weighted by Crippen LogP contribution is -2.59. The molecule has 3 atom stereocenters. The van der Waals surface area contributed by atoms with Gasteiger partial charge in [-0.15, -0.1) is 11.8 Å². The van der Waals surface area contributed by atoms with Gasteiger partial charge in [-0.1, -0.05) is 0 Å². The van der Waals surface area contributed by atoms with Crippen LogP contribution in [0.25, 0.3) is 0 Å². The van der Waals surface area contributed by atoms with Crippen LogP contribution in [0.1, 0.15) is 19.8 Å². The lowest BCUT2D eigenvalue weighted by atomic mass is 10.2. The average Bonchev–Trinajstić information content (AvgIpc) is 2.79. The predicted molar refractivity (Wildman–Crippen MR) is 88.5 cm³/mol. The monoisotopic (exact) mass is 342 g/mol. The standard InChI is InChI=1S/C15H19NO4S2/c1-10-8-13(22-12-4-2-11(17)3-5-12)9-16(10,15(19)20)14(18)6-7-21/h2-5,10,13H,6-9H2,1H3,(H2-,17,19,20,21)/p+1/t10-,13-,16-/m1/s1. The van der Waals surface area contributed by atoms with Gasteiger partial charge in [0.15, 0.2) is 0 Å². The molecule has 2 rings (SSSR count). The fourth-order valence-electron chi connectivity index (χ4n) is 2.95. The molecule has 1 aliphatic rings. The maximum atomic E-state index is 12.4. The van der Waals surface area contributed by atoms with Crippen LogP contribution in [0.15, 0.2) is 29.2 Å². The fourth-order valence-corrected chi connectivity index (χ4v) is 4.51. The van der Waals surface area contributed by atoms with E-state index in [1.54, 1.807) is 36.0 Å². The molecule has 0 unspecified atom stereocenters. The molecular weight excluding hydrogens is 322 g/mol. The molecule has 0 saturated carbocycles. The summed E-state index contributed by atoms with van der Waals surface area (Å²) in [6.07, 6.45) is -0.250. The van der Waals surface area contributed by atoms with Crippen molar-refractivity contribution in [3.8, 4) is 5.75 Å². The van der Waals surface area contributed by atoms with Crippen LogP contribution in [0.4, 0.5) is 4.79 Å². The minimum atomic E-state index is -1.08. The largest absolute Gasteiger partial charge is 0.521 e. The van der Waals surface area contributed by atoms with Crippen molar-refractivity contribution in [2.24, 2.45) is 0 Å². The first-order valence-electron chi connectivity index (χ1n) is 7.11. The Balaban J connectivity index is 2.16. The molecule has 0 radical (unpaired) electrons. The van der Waals surface area contributed by atoms with E-state index in [1.807, 2.05) is 6.92 Å². The molecule has 2 amide bonds. The summed E-state index contributed by atoms with van der Waals surface area (Å²) in [5.74, 6) is 0.279. The highest BCUT2D eigenvalue weighted by atomic mass is 32.2. The molecule has 7 heteroatoms. The van der Waals surface area contributed by atoms with Gasteiger partial charge in [0.05, 0.1) is 11.7 Å². The minimum absolute atomic E-state index is 0.0551. The average molecular weight is 342 g/mol. The molecule has 22 heavy (non-hydrogen) atoms. The lowest BCUT2D eigenvalue weighted by Gasteiger charge is -2.29. The number of carbonyl (C=O) groups excluding carboxylic acids is 1. The van der Waals surface area contributed by atoms with Gasteiger partial charge in [0, 0.05) is 17.1 Å². The Labute approximate surface area is 139 Å². The summed E-state index contributed by atoms with van der Waals surface area (Å²) in [5.41, 5.74) is 0. The van der Waals surface area contributed by atoms with Crippen LogP contribution < -0.4 is 0 Å². The number of phenols is 1. The zero-order valence-electron chi connectivity index (χ0n) is 12.3. The zero-order chi connectivity index (χ0) is 16.3. The second-order valence-corrected chi connectivity index (χ2v) is 7.34. The number of nitrogens with zero attached hydrogens (tertiary/aromatic N) is 1. The molecule has 1 fully saturated rings. The van der Waals surface area contributed by atoms with E-state index in [4.69, 9.17) is 0 Å². The van der Waals surface area contributed by atoms with E-state index in [9.17, 15) is 19.8 Å². The minimum Gasteiger partial charge on any atom is -0.508 e. The number of imide groups is 1. The first-order valence-corrected chi connectivity index (χ1v) is 8.62. The Morgan fingerprint density at radius 3 is 2.55 bits per heavy atom. The van der Waals surface area contributed by atoms with E-state index >= 15 is 0 Å². The van der Waals surface area contributed by atoms with Crippen molar-refractivity contribution in [1.29, 1.82) is 0 Å². The summed E-state index contributed by atoms with van der Waals surface area (Å²) in [6.45, 7) is 2.11. The van der Waals surface area contributed by atoms with E-state index in [0.29, 0.717) is 12.2 Å². The summed E-state index contributed by atoms with van der Waals surface area (Å²) in [6, 6.07) is 6.56. The number of likely N-dealkylation sites (tertiary alicyclic amines) is 1. The molecule has 120 valence electrons. The Hall–Kier alpha value is -1.18. The SMILES string of the molecule is C[C@@H]1C[C@@H](Sc2ccc(O)cc2)C[N@+]1(C(=O)O)C(=O)CCS. The van der Waals surface area contributed by atoms with Crippen molar-refractivity contribution in [3.63, 3.8) is 0 Å². The Bertz CT molecular complexity index is 563. The summed E-state index contributed by atoms with van der Waals surface area (Å²) in [7, 11) is 0. The number of hydrogen-bond donors (Lipinski definition) is 3. The summed E-state index contributed by atoms with van der Waals surface area (Å²) >= 11 is 5.60. The first-order chi connectivity index (χ1) is 10.4. The van der Waals surface area contributed by atoms with Crippen molar-refractivity contribution < 1.29 is 24.3 Å². The van der Waals surface area contributed by atoms with Gasteiger partial charge in [0.1, 0.15) is 18.3 Å². The highest BCUT2D eigenvalue weighted by molar-refractivity contribution is 8.00. The second-order valence-electron chi connectivity index (χ2n) is 5.52. The van der Waals surface area contributed by atoms with Gasteiger partial charge in [-0.2, -0.15) is 21.9 Å². The molecule has 1 saturated heterocycles. The van der Waals surface area contributed by atoms with Crippen LogP contribution in [0.5, 0.6) is 5.75 Å². The van der Waals surface area contributed by atoms with Crippen molar-refractivity contribution in [1.82, 2.24) is 0 Å². The van der Waals surface area contributed by atoms with Crippen LogP contribution in [-0.2, 0) is 4.79 Å². The molecule has 1 aromatic rings. The maximum absolute atomic E-state index is 12.4. The molecule has 1 aromatic carbocycles. The van der Waals surface area contributed by atoms with Gasteiger partial charge < -0.3 is 10.2 Å². The predicted octanol–water partition coefficient (Wildman–Crippen LogP) is 2.99. The number of carbonyl (C=O) groups is 2. The Morgan fingerprint density at radius 1 is 1.36 bits per heavy atom. The number of benzene rings is 1. The van der Waals surface area contributed by atoms with Crippen molar-refractivity contribution >= 4 is 36.4 Å². The van der Waals surface area contributed by atoms with E-state index in [1.165, 1.54) is 0 Å². The highest BCUT2D eigenvalue weighted by Gasteiger charge is 2.55. The van der Waals surface area contributed by atoms with Gasteiger partial charge in [-0.25, -0.2) is 4.79 Å². The van der Waals surface area contributed by atoms with E-state index < -0.39 is 10.6 Å². The normalized spacial score (nSPS) is 27.7. The molecular formula is C15H20NO4S2+. The number of thioether (sulfide) groups is 1. The molecule has 0 spiro atoms. The highest BCUT2D eigenvalue weighted by Crippen LogP contribution is 2.38. The first kappa shape index (κ1) is 17.2. The van der Waals surface area contributed by atoms with Crippen molar-refractivity contribution in [3.05, 3.63) is 24.3 Å². The van der Waals surface area contributed by atoms with Gasteiger partial charge in [0.25, 0.3) is 0 Å². The van der Waals surface area contributed by atoms with Gasteiger partial charge in [-0.05, 0) is 31.2 Å². The number of rotatable bonds is 4. The number of amides is 2. The second kappa shape index (κ2) is 6.93. The number of aromatic hydroxyl groups is 1. The third-order valence-electron chi connectivity index (χ3n) is 4.10. The maximum Gasteiger partial charge on any atom is 0.521 e. The van der Waals surface area contributed by atoms with Gasteiger partial charge in [-0.3, -0.25) is 0 Å². The fraction of sp³-hybridized carbons (Fsp3) is 0.467. The number of hydrogen-bond acceptors (Lipinski definition) is 5. The molecule has 0 aromatic heterocycles. The topological polar surface area (TPSA) is 74.6 Å². The summed E-state index contributed by atoms with van der Waals surface area (Å²) < 4.78 is -0.504. The molecule has 5 nitrogen and oxygen atoms in total. The number of thiol groups is 1. The molecule has 1 aliphatic heterocycles. The van der Waals surface area contributed by atoms with Crippen LogP contribution in [-0.4, -0.2) is 50.3 Å². The van der Waals surface area contributed by atoms with E-state index in [-0.39, 0.29) is 35.9 Å². The third kappa shape index (κ3) is 3.26. The molecule has 2 N–H and O–H groups in total. The van der Waals surface area contributed by atoms with Gasteiger partial charge in [0.2, 0.25) is 0 Å². The quantitative estimate of drug-likeness (QED) is 0.579. The lowest BCUT2D eigenvalue weighted by molar-refractivity contribution is -0.792. The smallest absolute Gasteiger partial charge is 0.508 e. The van der Waals surface area contributed by atoms with Crippen LogP contribution in [0, 0.1) is 0 Å². The van der Waals surface area contributed by atoms with Crippen molar-refractivity contribution in [2.75, 3.05) is 12.3 Å². The van der Waals surface area contributed by atoms with Crippen LogP contribution >= 0.6 is 24.4 Å². The summed E-state index contributed by atoms with van der Waals surface area (Å²) in [4.78, 5) is 25.1. The Morgan fingerprint density at radius 2 is 2.00 bits per heavy atom. The molecule has 1 heterocycles. The third-order valence-corrected chi connectivity index (χ3v) is 5.54. The summed E-state index contributed by atoms with van der Waals surface area (Å²) in [5, 5.41) is 19.0. The number of quaternary nitrogens is 1. The molecule has 0 aliphatic carbocycles. The molecule has 0 bridgehead atoms. The zero-order valence-corrected chi connectivity index (χ0v) is 14.0. The van der Waals surface area contributed by atoms with Crippen LogP contribution in [0.2, 0.25) is 0 Å². The van der Waals surface area contributed by atoms with Crippen molar-refractivity contribution in [2.45, 2.75) is 36.0 Å². The van der Waals surface area contributed by atoms with E-state index in [0.717, 1.165) is 4.90 Å². The number of carboxylic acid groups (broad SMARTS) is 1.